The van der Waals surface area contributed by atoms with Gasteiger partial charge in [-0.25, -0.2) is 0 Å². The SMILES string of the molecule is C[C@@H](O)C(Cc1ccccc1)NCO[C@H]1CCOC1. The Hall–Kier alpha value is -0.940. The van der Waals surface area contributed by atoms with Gasteiger partial charge in [0, 0.05) is 12.6 Å². The minimum atomic E-state index is -0.413. The number of hydrogen-bond donors (Lipinski definition) is 2. The van der Waals surface area contributed by atoms with Gasteiger partial charge in [-0.2, -0.15) is 0 Å². The summed E-state index contributed by atoms with van der Waals surface area (Å²) in [7, 11) is 0. The first kappa shape index (κ1) is 14.5. The molecule has 1 saturated heterocycles. The number of rotatable bonds is 7. The molecule has 0 aromatic heterocycles. The van der Waals surface area contributed by atoms with Crippen molar-refractivity contribution in [3.05, 3.63) is 35.9 Å². The quantitative estimate of drug-likeness (QED) is 0.730. The second kappa shape index (κ2) is 7.60. The molecule has 1 unspecified atom stereocenters. The Morgan fingerprint density at radius 3 is 2.84 bits per heavy atom. The van der Waals surface area contributed by atoms with Gasteiger partial charge in [0.2, 0.25) is 0 Å². The third kappa shape index (κ3) is 4.91. The molecular weight excluding hydrogens is 242 g/mol. The van der Waals surface area contributed by atoms with E-state index in [1.807, 2.05) is 18.2 Å². The van der Waals surface area contributed by atoms with Gasteiger partial charge in [0.1, 0.15) is 0 Å². The lowest BCUT2D eigenvalue weighted by Gasteiger charge is -2.22. The van der Waals surface area contributed by atoms with Crippen molar-refractivity contribution in [1.29, 1.82) is 0 Å². The van der Waals surface area contributed by atoms with E-state index < -0.39 is 6.10 Å². The fraction of sp³-hybridized carbons (Fsp3) is 0.600. The highest BCUT2D eigenvalue weighted by Gasteiger charge is 2.18. The number of ether oxygens (including phenoxy) is 2. The maximum absolute atomic E-state index is 9.82. The van der Waals surface area contributed by atoms with E-state index in [9.17, 15) is 5.11 Å². The number of nitrogens with one attached hydrogen (secondary N) is 1. The monoisotopic (exact) mass is 265 g/mol. The molecule has 2 N–H and O–H groups in total. The first-order valence-corrected chi connectivity index (χ1v) is 6.90. The molecule has 1 aromatic rings. The predicted molar refractivity (Wildman–Crippen MR) is 73.9 cm³/mol. The first-order valence-electron chi connectivity index (χ1n) is 6.90. The second-order valence-electron chi connectivity index (χ2n) is 5.04. The molecule has 1 heterocycles. The normalized spacial score (nSPS) is 22.3. The topological polar surface area (TPSA) is 50.7 Å². The average Bonchev–Trinajstić information content (AvgIpc) is 2.92. The lowest BCUT2D eigenvalue weighted by Crippen LogP contribution is -2.42. The molecule has 0 spiro atoms. The van der Waals surface area contributed by atoms with Crippen molar-refractivity contribution in [3.63, 3.8) is 0 Å². The summed E-state index contributed by atoms with van der Waals surface area (Å²) in [5.41, 5.74) is 1.21. The zero-order chi connectivity index (χ0) is 13.5. The highest BCUT2D eigenvalue weighted by molar-refractivity contribution is 5.16. The fourth-order valence-electron chi connectivity index (χ4n) is 2.20. The summed E-state index contributed by atoms with van der Waals surface area (Å²) < 4.78 is 10.9. The van der Waals surface area contributed by atoms with E-state index in [2.05, 4.69) is 17.4 Å². The Kier molecular flexibility index (Phi) is 5.79. The largest absolute Gasteiger partial charge is 0.392 e. The molecule has 0 aliphatic carbocycles. The van der Waals surface area contributed by atoms with Crippen LogP contribution in [0.3, 0.4) is 0 Å². The van der Waals surface area contributed by atoms with Crippen molar-refractivity contribution < 1.29 is 14.6 Å². The summed E-state index contributed by atoms with van der Waals surface area (Å²) in [6.07, 6.45) is 1.53. The van der Waals surface area contributed by atoms with Crippen LogP contribution < -0.4 is 5.32 Å². The predicted octanol–water partition coefficient (Wildman–Crippen LogP) is 1.33. The molecule has 106 valence electrons. The van der Waals surface area contributed by atoms with Crippen LogP contribution in [0.1, 0.15) is 18.9 Å². The molecule has 1 aromatic carbocycles. The lowest BCUT2D eigenvalue weighted by molar-refractivity contribution is 0.0171. The van der Waals surface area contributed by atoms with Gasteiger partial charge in [0.15, 0.2) is 0 Å². The maximum Gasteiger partial charge on any atom is 0.0973 e. The van der Waals surface area contributed by atoms with Gasteiger partial charge in [0.25, 0.3) is 0 Å². The van der Waals surface area contributed by atoms with Crippen molar-refractivity contribution >= 4 is 0 Å². The number of aliphatic hydroxyl groups excluding tert-OH is 1. The van der Waals surface area contributed by atoms with E-state index in [0.29, 0.717) is 13.3 Å². The van der Waals surface area contributed by atoms with Crippen LogP contribution in [-0.4, -0.2) is 43.3 Å². The Morgan fingerprint density at radius 2 is 2.21 bits per heavy atom. The van der Waals surface area contributed by atoms with Crippen LogP contribution in [0.5, 0.6) is 0 Å². The minimum Gasteiger partial charge on any atom is -0.392 e. The maximum atomic E-state index is 9.82. The van der Waals surface area contributed by atoms with Crippen LogP contribution in [0.4, 0.5) is 0 Å². The Labute approximate surface area is 114 Å². The van der Waals surface area contributed by atoms with Crippen molar-refractivity contribution in [3.8, 4) is 0 Å². The van der Waals surface area contributed by atoms with Gasteiger partial charge >= 0.3 is 0 Å². The fourth-order valence-corrected chi connectivity index (χ4v) is 2.20. The van der Waals surface area contributed by atoms with E-state index in [-0.39, 0.29) is 12.1 Å². The number of aliphatic hydroxyl groups is 1. The lowest BCUT2D eigenvalue weighted by atomic mass is 10.0. The molecule has 0 bridgehead atoms. The Morgan fingerprint density at radius 1 is 1.42 bits per heavy atom. The Bertz CT molecular complexity index is 350. The average molecular weight is 265 g/mol. The zero-order valence-corrected chi connectivity index (χ0v) is 11.4. The van der Waals surface area contributed by atoms with Gasteiger partial charge in [-0.05, 0) is 25.3 Å². The molecule has 0 saturated carbocycles. The molecule has 4 nitrogen and oxygen atoms in total. The van der Waals surface area contributed by atoms with E-state index in [0.717, 1.165) is 19.4 Å². The minimum absolute atomic E-state index is 0.00437. The van der Waals surface area contributed by atoms with Crippen LogP contribution in [0.25, 0.3) is 0 Å². The third-order valence-electron chi connectivity index (χ3n) is 3.43. The van der Waals surface area contributed by atoms with Crippen molar-refractivity contribution in [2.45, 2.75) is 38.0 Å². The third-order valence-corrected chi connectivity index (χ3v) is 3.43. The zero-order valence-electron chi connectivity index (χ0n) is 11.4. The van der Waals surface area contributed by atoms with Gasteiger partial charge in [-0.15, -0.1) is 0 Å². The smallest absolute Gasteiger partial charge is 0.0973 e. The highest BCUT2D eigenvalue weighted by Crippen LogP contribution is 2.09. The van der Waals surface area contributed by atoms with Crippen LogP contribution >= 0.6 is 0 Å². The number of benzene rings is 1. The van der Waals surface area contributed by atoms with E-state index >= 15 is 0 Å². The molecule has 1 aliphatic rings. The molecule has 0 amide bonds. The molecule has 0 radical (unpaired) electrons. The molecule has 1 fully saturated rings. The first-order chi connectivity index (χ1) is 9.25. The standard InChI is InChI=1S/C15H23NO3/c1-12(17)15(9-13-5-3-2-4-6-13)16-11-19-14-7-8-18-10-14/h2-6,12,14-17H,7-11H2,1H3/t12-,14+,15?/m1/s1. The molecule has 1 aliphatic heterocycles. The van der Waals surface area contributed by atoms with Crippen LogP contribution in [-0.2, 0) is 15.9 Å². The van der Waals surface area contributed by atoms with Crippen molar-refractivity contribution in [2.75, 3.05) is 19.9 Å². The highest BCUT2D eigenvalue weighted by atomic mass is 16.5. The van der Waals surface area contributed by atoms with E-state index in [4.69, 9.17) is 9.47 Å². The molecule has 2 rings (SSSR count). The summed E-state index contributed by atoms with van der Waals surface area (Å²) in [6, 6.07) is 10.2. The Balaban J connectivity index is 1.76. The molecular formula is C15H23NO3. The van der Waals surface area contributed by atoms with Gasteiger partial charge < -0.3 is 14.6 Å². The van der Waals surface area contributed by atoms with Crippen molar-refractivity contribution in [2.24, 2.45) is 0 Å². The summed E-state index contributed by atoms with van der Waals surface area (Å²) in [5.74, 6) is 0. The van der Waals surface area contributed by atoms with Crippen molar-refractivity contribution in [1.82, 2.24) is 5.32 Å². The summed E-state index contributed by atoms with van der Waals surface area (Å²) in [6.45, 7) is 3.73. The van der Waals surface area contributed by atoms with E-state index in [1.165, 1.54) is 5.56 Å². The molecule has 4 heteroatoms. The van der Waals surface area contributed by atoms with Crippen LogP contribution in [0, 0.1) is 0 Å². The van der Waals surface area contributed by atoms with Crippen LogP contribution in [0.2, 0.25) is 0 Å². The second-order valence-corrected chi connectivity index (χ2v) is 5.04. The summed E-state index contributed by atoms with van der Waals surface area (Å²) in [5, 5.41) is 13.1. The van der Waals surface area contributed by atoms with Crippen LogP contribution in [0.15, 0.2) is 30.3 Å². The number of hydrogen-bond acceptors (Lipinski definition) is 4. The van der Waals surface area contributed by atoms with Gasteiger partial charge in [-0.1, -0.05) is 30.3 Å². The van der Waals surface area contributed by atoms with Gasteiger partial charge in [-0.3, -0.25) is 5.32 Å². The molecule has 3 atom stereocenters. The van der Waals surface area contributed by atoms with Gasteiger partial charge in [0.05, 0.1) is 25.5 Å². The van der Waals surface area contributed by atoms with E-state index in [1.54, 1.807) is 6.92 Å². The summed E-state index contributed by atoms with van der Waals surface area (Å²) in [4.78, 5) is 0. The molecule has 19 heavy (non-hydrogen) atoms. The summed E-state index contributed by atoms with van der Waals surface area (Å²) >= 11 is 0.